The maximum absolute atomic E-state index is 11.7. The molecule has 1 heterocycles. The second-order valence-corrected chi connectivity index (χ2v) is 4.79. The third-order valence-corrected chi connectivity index (χ3v) is 3.02. The summed E-state index contributed by atoms with van der Waals surface area (Å²) in [5.74, 6) is -0.109. The maximum atomic E-state index is 11.7. The van der Waals surface area contributed by atoms with Crippen LogP contribution < -0.4 is 5.32 Å². The molecule has 92 valence electrons. The lowest BCUT2D eigenvalue weighted by atomic mass is 10.2. The molecule has 0 aromatic heterocycles. The van der Waals surface area contributed by atoms with Crippen molar-refractivity contribution in [1.82, 2.24) is 4.90 Å². The summed E-state index contributed by atoms with van der Waals surface area (Å²) >= 11 is 6.01. The number of anilines is 1. The quantitative estimate of drug-likeness (QED) is 0.854. The number of aliphatic hydroxyl groups excluding tert-OH is 1. The van der Waals surface area contributed by atoms with E-state index in [0.29, 0.717) is 30.3 Å². The minimum atomic E-state index is -0.286. The number of rotatable bonds is 3. The number of nitrogens with one attached hydrogen (secondary N) is 1. The standard InChI is InChI=1S/C12H15ClN2O2/c1-8-2-3-11(10(13)4-8)14-12(17)7-15-5-9(16)6-15/h2-4,9,16H,5-7H2,1H3,(H,14,17). The molecule has 0 radical (unpaired) electrons. The summed E-state index contributed by atoms with van der Waals surface area (Å²) in [6.45, 7) is 3.37. The van der Waals surface area contributed by atoms with Gasteiger partial charge in [0.25, 0.3) is 0 Å². The van der Waals surface area contributed by atoms with E-state index < -0.39 is 0 Å². The van der Waals surface area contributed by atoms with Crippen LogP contribution in [0.25, 0.3) is 0 Å². The Morgan fingerprint density at radius 1 is 1.59 bits per heavy atom. The molecule has 17 heavy (non-hydrogen) atoms. The van der Waals surface area contributed by atoms with Crippen LogP contribution in [0.1, 0.15) is 5.56 Å². The summed E-state index contributed by atoms with van der Waals surface area (Å²) in [5.41, 5.74) is 1.68. The van der Waals surface area contributed by atoms with Crippen LogP contribution in [0.15, 0.2) is 18.2 Å². The zero-order valence-electron chi connectivity index (χ0n) is 9.61. The summed E-state index contributed by atoms with van der Waals surface area (Å²) in [6.07, 6.45) is -0.286. The third-order valence-electron chi connectivity index (χ3n) is 2.70. The van der Waals surface area contributed by atoms with Crippen molar-refractivity contribution in [2.75, 3.05) is 25.0 Å². The van der Waals surface area contributed by atoms with Gasteiger partial charge in [-0.2, -0.15) is 0 Å². The first kappa shape index (κ1) is 12.4. The second-order valence-electron chi connectivity index (χ2n) is 4.38. The molecule has 0 spiro atoms. The highest BCUT2D eigenvalue weighted by molar-refractivity contribution is 6.33. The van der Waals surface area contributed by atoms with Crippen molar-refractivity contribution in [3.63, 3.8) is 0 Å². The van der Waals surface area contributed by atoms with Crippen molar-refractivity contribution in [2.45, 2.75) is 13.0 Å². The molecule has 4 nitrogen and oxygen atoms in total. The van der Waals surface area contributed by atoms with Crippen LogP contribution in [0, 0.1) is 6.92 Å². The zero-order chi connectivity index (χ0) is 12.4. The number of nitrogens with zero attached hydrogens (tertiary/aromatic N) is 1. The van der Waals surface area contributed by atoms with Gasteiger partial charge in [0.05, 0.1) is 23.4 Å². The average Bonchev–Trinajstić information content (AvgIpc) is 2.20. The Bertz CT molecular complexity index is 431. The molecule has 2 rings (SSSR count). The monoisotopic (exact) mass is 254 g/mol. The van der Waals surface area contributed by atoms with Crippen LogP contribution in [0.5, 0.6) is 0 Å². The molecule has 1 aromatic rings. The zero-order valence-corrected chi connectivity index (χ0v) is 10.4. The molecule has 0 atom stereocenters. The van der Waals surface area contributed by atoms with Crippen LogP contribution in [0.3, 0.4) is 0 Å². The fraction of sp³-hybridized carbons (Fsp3) is 0.417. The number of hydrogen-bond donors (Lipinski definition) is 2. The summed E-state index contributed by atoms with van der Waals surface area (Å²) in [5, 5.41) is 12.4. The van der Waals surface area contributed by atoms with Crippen LogP contribution in [-0.2, 0) is 4.79 Å². The topological polar surface area (TPSA) is 52.6 Å². The lowest BCUT2D eigenvalue weighted by molar-refractivity contribution is -0.119. The van der Waals surface area contributed by atoms with Gasteiger partial charge in [0.15, 0.2) is 0 Å². The summed E-state index contributed by atoms with van der Waals surface area (Å²) in [4.78, 5) is 13.5. The Balaban J connectivity index is 1.89. The molecule has 0 aliphatic carbocycles. The Kier molecular flexibility index (Phi) is 3.66. The fourth-order valence-electron chi connectivity index (χ4n) is 1.79. The fourth-order valence-corrected chi connectivity index (χ4v) is 2.07. The highest BCUT2D eigenvalue weighted by atomic mass is 35.5. The summed E-state index contributed by atoms with van der Waals surface area (Å²) in [7, 11) is 0. The lowest BCUT2D eigenvalue weighted by Gasteiger charge is -2.35. The van der Waals surface area contributed by atoms with Crippen molar-refractivity contribution in [3.05, 3.63) is 28.8 Å². The third kappa shape index (κ3) is 3.19. The molecule has 0 unspecified atom stereocenters. The van der Waals surface area contributed by atoms with E-state index in [1.807, 2.05) is 24.0 Å². The second kappa shape index (κ2) is 5.04. The van der Waals surface area contributed by atoms with Gasteiger partial charge in [-0.3, -0.25) is 9.69 Å². The van der Waals surface area contributed by atoms with Gasteiger partial charge in [-0.05, 0) is 24.6 Å². The van der Waals surface area contributed by atoms with Gasteiger partial charge in [-0.15, -0.1) is 0 Å². The van der Waals surface area contributed by atoms with Crippen LogP contribution in [0.2, 0.25) is 5.02 Å². The van der Waals surface area contributed by atoms with E-state index in [4.69, 9.17) is 16.7 Å². The van der Waals surface area contributed by atoms with Gasteiger partial charge in [0.1, 0.15) is 0 Å². The minimum absolute atomic E-state index is 0.109. The van der Waals surface area contributed by atoms with E-state index >= 15 is 0 Å². The molecule has 1 aliphatic rings. The number of carbonyl (C=O) groups excluding carboxylic acids is 1. The Morgan fingerprint density at radius 3 is 2.88 bits per heavy atom. The number of halogens is 1. The molecule has 1 fully saturated rings. The van der Waals surface area contributed by atoms with Crippen LogP contribution in [0.4, 0.5) is 5.69 Å². The Hall–Kier alpha value is -1.10. The Labute approximate surface area is 105 Å². The molecule has 1 aliphatic heterocycles. The number of amides is 1. The average molecular weight is 255 g/mol. The SMILES string of the molecule is Cc1ccc(NC(=O)CN2CC(O)C2)c(Cl)c1. The first-order chi connectivity index (χ1) is 8.04. The van der Waals surface area contributed by atoms with Crippen molar-refractivity contribution in [1.29, 1.82) is 0 Å². The number of aryl methyl sites for hydroxylation is 1. The van der Waals surface area contributed by atoms with Gasteiger partial charge in [0.2, 0.25) is 5.91 Å². The molecular weight excluding hydrogens is 240 g/mol. The van der Waals surface area contributed by atoms with E-state index in [1.54, 1.807) is 6.07 Å². The van der Waals surface area contributed by atoms with Gasteiger partial charge >= 0.3 is 0 Å². The first-order valence-corrected chi connectivity index (χ1v) is 5.89. The summed E-state index contributed by atoms with van der Waals surface area (Å²) < 4.78 is 0. The normalized spacial score (nSPS) is 16.6. The van der Waals surface area contributed by atoms with Gasteiger partial charge in [0, 0.05) is 13.1 Å². The van der Waals surface area contributed by atoms with E-state index in [9.17, 15) is 4.79 Å². The highest BCUT2D eigenvalue weighted by Gasteiger charge is 2.25. The van der Waals surface area contributed by atoms with Gasteiger partial charge < -0.3 is 10.4 Å². The number of benzene rings is 1. The number of β-amino-alcohol motifs (C(OH)–C–C–N with tert-alkyl or cyclic N) is 1. The van der Waals surface area contributed by atoms with Crippen molar-refractivity contribution in [2.24, 2.45) is 0 Å². The van der Waals surface area contributed by atoms with Crippen molar-refractivity contribution in [3.8, 4) is 0 Å². The Morgan fingerprint density at radius 2 is 2.29 bits per heavy atom. The van der Waals surface area contributed by atoms with Crippen LogP contribution >= 0.6 is 11.6 Å². The molecule has 2 N–H and O–H groups in total. The molecule has 0 saturated carbocycles. The molecular formula is C12H15ClN2O2. The van der Waals surface area contributed by atoms with E-state index in [2.05, 4.69) is 5.32 Å². The van der Waals surface area contributed by atoms with Crippen molar-refractivity contribution < 1.29 is 9.90 Å². The number of carbonyl (C=O) groups is 1. The largest absolute Gasteiger partial charge is 0.390 e. The van der Waals surface area contributed by atoms with Gasteiger partial charge in [-0.1, -0.05) is 17.7 Å². The minimum Gasteiger partial charge on any atom is -0.390 e. The smallest absolute Gasteiger partial charge is 0.238 e. The molecule has 1 aromatic carbocycles. The van der Waals surface area contributed by atoms with E-state index in [0.717, 1.165) is 5.56 Å². The number of likely N-dealkylation sites (tertiary alicyclic amines) is 1. The van der Waals surface area contributed by atoms with Gasteiger partial charge in [-0.25, -0.2) is 0 Å². The highest BCUT2D eigenvalue weighted by Crippen LogP contribution is 2.22. The number of aliphatic hydroxyl groups is 1. The number of hydrogen-bond acceptors (Lipinski definition) is 3. The summed E-state index contributed by atoms with van der Waals surface area (Å²) in [6, 6.07) is 5.50. The molecule has 1 saturated heterocycles. The van der Waals surface area contributed by atoms with Crippen molar-refractivity contribution >= 4 is 23.2 Å². The predicted octanol–water partition coefficient (Wildman–Crippen LogP) is 1.26. The maximum Gasteiger partial charge on any atom is 0.238 e. The molecule has 0 bridgehead atoms. The first-order valence-electron chi connectivity index (χ1n) is 5.51. The van der Waals surface area contributed by atoms with E-state index in [1.165, 1.54) is 0 Å². The van der Waals surface area contributed by atoms with Crippen LogP contribution in [-0.4, -0.2) is 41.7 Å². The van der Waals surface area contributed by atoms with E-state index in [-0.39, 0.29) is 12.0 Å². The molecule has 1 amide bonds. The molecule has 5 heteroatoms. The predicted molar refractivity (Wildman–Crippen MR) is 67.3 cm³/mol. The lowest BCUT2D eigenvalue weighted by Crippen LogP contribution is -2.53.